The molecule has 1 aromatic carbocycles. The highest BCUT2D eigenvalue weighted by atomic mass is 16.2. The minimum Gasteiger partial charge on any atom is -0.357 e. The number of rotatable bonds is 4. The maximum absolute atomic E-state index is 12.8. The number of nitrogens with zero attached hydrogens (tertiary/aromatic N) is 1. The number of H-pyrrole nitrogens is 1. The van der Waals surface area contributed by atoms with E-state index in [1.165, 1.54) is 5.56 Å². The first-order valence-corrected chi connectivity index (χ1v) is 7.78. The molecule has 0 bridgehead atoms. The van der Waals surface area contributed by atoms with Gasteiger partial charge >= 0.3 is 0 Å². The molecule has 1 aliphatic heterocycles. The van der Waals surface area contributed by atoms with Crippen LogP contribution in [0.15, 0.2) is 42.6 Å². The van der Waals surface area contributed by atoms with Crippen molar-refractivity contribution in [1.82, 2.24) is 15.2 Å². The number of aromatic nitrogens is 1. The van der Waals surface area contributed by atoms with Crippen molar-refractivity contribution in [2.45, 2.75) is 18.8 Å². The van der Waals surface area contributed by atoms with Crippen molar-refractivity contribution in [2.24, 2.45) is 0 Å². The van der Waals surface area contributed by atoms with Crippen LogP contribution < -0.4 is 5.32 Å². The van der Waals surface area contributed by atoms with Crippen molar-refractivity contribution < 1.29 is 9.59 Å². The molecule has 5 heteroatoms. The molecule has 2 heterocycles. The van der Waals surface area contributed by atoms with E-state index in [0.717, 1.165) is 12.0 Å². The molecular formula is C18H21N3O2. The van der Waals surface area contributed by atoms with Crippen molar-refractivity contribution in [3.05, 3.63) is 59.4 Å². The average Bonchev–Trinajstić information content (AvgIpc) is 3.04. The summed E-state index contributed by atoms with van der Waals surface area (Å²) in [4.78, 5) is 29.5. The molecule has 3 rings (SSSR count). The summed E-state index contributed by atoms with van der Waals surface area (Å²) in [6.07, 6.45) is 2.51. The Morgan fingerprint density at radius 2 is 2.04 bits per heavy atom. The van der Waals surface area contributed by atoms with E-state index in [-0.39, 0.29) is 11.8 Å². The number of hydrogen-bond donors (Lipinski definition) is 2. The molecule has 0 saturated heterocycles. The standard InChI is InChI=1S/C18H21N3O2/c1-18(12-21(2)16(22)15-14(18)9-11-19-15)17(23)20-10-8-13-6-4-3-5-7-13/h3-7,9,11,19H,8,10,12H2,1-2H3,(H,20,23)/t18-/m1/s1. The molecule has 0 fully saturated rings. The maximum atomic E-state index is 12.8. The molecule has 2 amide bonds. The first kappa shape index (κ1) is 15.3. The lowest BCUT2D eigenvalue weighted by Crippen LogP contribution is -2.54. The summed E-state index contributed by atoms with van der Waals surface area (Å²) in [5, 5.41) is 3.02. The number of hydrogen-bond acceptors (Lipinski definition) is 2. The van der Waals surface area contributed by atoms with Crippen LogP contribution in [0.3, 0.4) is 0 Å². The number of nitrogens with one attached hydrogen (secondary N) is 2. The zero-order chi connectivity index (χ0) is 16.4. The molecule has 0 spiro atoms. The van der Waals surface area contributed by atoms with E-state index in [4.69, 9.17) is 0 Å². The number of carbonyl (C=O) groups is 2. The van der Waals surface area contributed by atoms with Crippen LogP contribution >= 0.6 is 0 Å². The fraction of sp³-hybridized carbons (Fsp3) is 0.333. The van der Waals surface area contributed by atoms with Gasteiger partial charge in [-0.15, -0.1) is 0 Å². The Labute approximate surface area is 135 Å². The minimum absolute atomic E-state index is 0.0476. The van der Waals surface area contributed by atoms with Crippen molar-refractivity contribution in [1.29, 1.82) is 0 Å². The second-order valence-electron chi connectivity index (χ2n) is 6.25. The third-order valence-electron chi connectivity index (χ3n) is 4.50. The van der Waals surface area contributed by atoms with E-state index in [0.29, 0.717) is 18.8 Å². The normalized spacial score (nSPS) is 20.3. The van der Waals surface area contributed by atoms with Gasteiger partial charge in [0, 0.05) is 26.3 Å². The third-order valence-corrected chi connectivity index (χ3v) is 4.50. The van der Waals surface area contributed by atoms with Crippen molar-refractivity contribution in [3.8, 4) is 0 Å². The molecule has 0 aliphatic carbocycles. The Bertz CT molecular complexity index is 723. The van der Waals surface area contributed by atoms with Crippen LogP contribution in [0.4, 0.5) is 0 Å². The minimum atomic E-state index is -0.727. The fourth-order valence-corrected chi connectivity index (χ4v) is 3.18. The molecule has 1 aromatic heterocycles. The van der Waals surface area contributed by atoms with Crippen LogP contribution in [0, 0.1) is 0 Å². The van der Waals surface area contributed by atoms with E-state index in [1.54, 1.807) is 18.1 Å². The summed E-state index contributed by atoms with van der Waals surface area (Å²) in [5.41, 5.74) is 1.75. The van der Waals surface area contributed by atoms with Crippen LogP contribution in [0.1, 0.15) is 28.5 Å². The summed E-state index contributed by atoms with van der Waals surface area (Å²) < 4.78 is 0. The van der Waals surface area contributed by atoms with Gasteiger partial charge in [-0.25, -0.2) is 0 Å². The van der Waals surface area contributed by atoms with Crippen LogP contribution in [-0.2, 0) is 16.6 Å². The summed E-state index contributed by atoms with van der Waals surface area (Å²) >= 11 is 0. The number of aromatic amines is 1. The largest absolute Gasteiger partial charge is 0.357 e. The monoisotopic (exact) mass is 311 g/mol. The Morgan fingerprint density at radius 3 is 2.78 bits per heavy atom. The first-order valence-electron chi connectivity index (χ1n) is 7.78. The van der Waals surface area contributed by atoms with E-state index >= 15 is 0 Å². The number of carbonyl (C=O) groups excluding carboxylic acids is 2. The highest BCUT2D eigenvalue weighted by molar-refractivity contribution is 6.00. The van der Waals surface area contributed by atoms with Crippen LogP contribution in [-0.4, -0.2) is 41.8 Å². The molecule has 0 saturated carbocycles. The summed E-state index contributed by atoms with van der Waals surface area (Å²) in [7, 11) is 1.72. The molecule has 0 radical (unpaired) electrons. The van der Waals surface area contributed by atoms with Crippen molar-refractivity contribution in [3.63, 3.8) is 0 Å². The lowest BCUT2D eigenvalue weighted by atomic mass is 9.78. The number of likely N-dealkylation sites (N-methyl/N-ethyl adjacent to an activating group) is 1. The van der Waals surface area contributed by atoms with E-state index in [1.807, 2.05) is 43.3 Å². The van der Waals surface area contributed by atoms with Gasteiger partial charge in [0.05, 0.1) is 5.41 Å². The Morgan fingerprint density at radius 1 is 1.30 bits per heavy atom. The van der Waals surface area contributed by atoms with Gasteiger partial charge in [0.15, 0.2) is 0 Å². The smallest absolute Gasteiger partial charge is 0.270 e. The van der Waals surface area contributed by atoms with Crippen molar-refractivity contribution in [2.75, 3.05) is 20.1 Å². The molecule has 120 valence electrons. The quantitative estimate of drug-likeness (QED) is 0.903. The lowest BCUT2D eigenvalue weighted by molar-refractivity contribution is -0.126. The highest BCUT2D eigenvalue weighted by Gasteiger charge is 2.44. The average molecular weight is 311 g/mol. The molecule has 2 aromatic rings. The van der Waals surface area contributed by atoms with Crippen molar-refractivity contribution >= 4 is 11.8 Å². The first-order chi connectivity index (χ1) is 11.0. The van der Waals surface area contributed by atoms with Gasteiger partial charge in [-0.3, -0.25) is 9.59 Å². The third kappa shape index (κ3) is 2.74. The maximum Gasteiger partial charge on any atom is 0.270 e. The Balaban J connectivity index is 1.72. The predicted molar refractivity (Wildman–Crippen MR) is 88.3 cm³/mol. The van der Waals surface area contributed by atoms with Gasteiger partial charge in [-0.05, 0) is 30.5 Å². The second kappa shape index (κ2) is 5.91. The Kier molecular flexibility index (Phi) is 3.94. The van der Waals surface area contributed by atoms with E-state index < -0.39 is 5.41 Å². The lowest BCUT2D eigenvalue weighted by Gasteiger charge is -2.37. The topological polar surface area (TPSA) is 65.2 Å². The van der Waals surface area contributed by atoms with Gasteiger partial charge < -0.3 is 15.2 Å². The summed E-state index contributed by atoms with van der Waals surface area (Å²) in [6, 6.07) is 11.9. The number of benzene rings is 1. The molecule has 0 unspecified atom stereocenters. The molecular weight excluding hydrogens is 290 g/mol. The molecule has 1 aliphatic rings. The fourth-order valence-electron chi connectivity index (χ4n) is 3.18. The zero-order valence-electron chi connectivity index (χ0n) is 13.4. The van der Waals surface area contributed by atoms with Crippen LogP contribution in [0.25, 0.3) is 0 Å². The predicted octanol–water partition coefficient (Wildman–Crippen LogP) is 1.72. The van der Waals surface area contributed by atoms with Gasteiger partial charge in [-0.1, -0.05) is 30.3 Å². The molecule has 5 nitrogen and oxygen atoms in total. The van der Waals surface area contributed by atoms with E-state index in [9.17, 15) is 9.59 Å². The van der Waals surface area contributed by atoms with Crippen LogP contribution in [0.2, 0.25) is 0 Å². The highest BCUT2D eigenvalue weighted by Crippen LogP contribution is 2.32. The summed E-state index contributed by atoms with van der Waals surface area (Å²) in [5.74, 6) is -0.117. The van der Waals surface area contributed by atoms with E-state index in [2.05, 4.69) is 10.3 Å². The molecule has 23 heavy (non-hydrogen) atoms. The SMILES string of the molecule is CN1C[C@@](C)(C(=O)NCCc2ccccc2)c2cc[nH]c2C1=O. The Hall–Kier alpha value is -2.56. The molecule has 2 N–H and O–H groups in total. The van der Waals surface area contributed by atoms with Gasteiger partial charge in [0.25, 0.3) is 5.91 Å². The van der Waals surface area contributed by atoms with Crippen LogP contribution in [0.5, 0.6) is 0 Å². The summed E-state index contributed by atoms with van der Waals surface area (Å²) in [6.45, 7) is 2.85. The zero-order valence-corrected chi connectivity index (χ0v) is 13.4. The number of fused-ring (bicyclic) bond motifs is 1. The molecule has 1 atom stereocenters. The van der Waals surface area contributed by atoms with Gasteiger partial charge in [-0.2, -0.15) is 0 Å². The van der Waals surface area contributed by atoms with Gasteiger partial charge in [0.1, 0.15) is 5.69 Å². The van der Waals surface area contributed by atoms with Gasteiger partial charge in [0.2, 0.25) is 5.91 Å². The second-order valence-corrected chi connectivity index (χ2v) is 6.25. The number of amides is 2.